The van der Waals surface area contributed by atoms with Crippen LogP contribution in [0.3, 0.4) is 0 Å². The topological polar surface area (TPSA) is 160 Å². The van der Waals surface area contributed by atoms with Gasteiger partial charge < -0.3 is 30.6 Å². The molecule has 0 bridgehead atoms. The monoisotopic (exact) mass is 2030 g/mol. The zero-order valence-corrected chi connectivity index (χ0v) is 77.5. The molecule has 9 nitrogen and oxygen atoms in total. The molecule has 3 aromatic heterocycles. The maximum atomic E-state index is 8.49. The number of rotatable bonds is 12. The minimum Gasteiger partial charge on any atom is -0.296 e. The number of benzene rings is 6. The second-order valence-electron chi connectivity index (χ2n) is 30.8. The second-order valence-corrected chi connectivity index (χ2v) is 62.1. The number of nitrogens with zero attached hydrogens (tertiary/aromatic N) is 3. The summed E-state index contributed by atoms with van der Waals surface area (Å²) in [6, 6.07) is 50.9. The van der Waals surface area contributed by atoms with Crippen molar-refractivity contribution in [1.82, 2.24) is 15.0 Å². The Balaban J connectivity index is 0.000000639. The van der Waals surface area contributed by atoms with Crippen LogP contribution in [0.1, 0.15) is 99.9 Å². The van der Waals surface area contributed by atoms with Crippen LogP contribution in [0.2, 0.25) is 73.8 Å². The fourth-order valence-electron chi connectivity index (χ4n) is 11.4. The molecular formula is C83H114Ge2Ir3N3O6Si2-3. The number of allylic oxidation sites excluding steroid dienone is 3. The molecule has 99 heavy (non-hydrogen) atoms. The normalized spacial score (nSPS) is 12.8. The van der Waals surface area contributed by atoms with E-state index >= 15 is 0 Å². The summed E-state index contributed by atoms with van der Waals surface area (Å²) >= 11 is -3.91. The summed E-state index contributed by atoms with van der Waals surface area (Å²) in [4.78, 5) is 15.1. The number of hydrogen-bond acceptors (Lipinski definition) is 9. The Morgan fingerprint density at radius 1 is 0.414 bits per heavy atom. The van der Waals surface area contributed by atoms with Crippen LogP contribution >= 0.6 is 0 Å². The standard InChI is InChI=1S/C24H30NSi.C23H30Ge2N.C21H24NSi.3C5H10O2.3Ir/c1-16(2)10-19-14-23-21(24(15-19)26(5,6)7)8-9-22(25-23)20-12-17(3)11-18(4)13-20;1-16-11-17(2)13-18(12-16)22-10-9-20-21(25(6,7)8)14-19(24(3,4)5)15-23(20)26-22;1-14-9-15(2)11-17(10-14)19-8-7-18-20(22-19)12-16(3)13-21(18)23(4,5)6;3*1-4(6)3-5(2)7;;;/h8-9,11-12,14-16H,10H2,1-7H3;9-12,14-15H,1-8H3;7-10,12-13H,1-6H3;3*3-4,6-7H,1-2H3;;;/q3*-1;;;;;;. The first kappa shape index (κ1) is 92.5. The Hall–Kier alpha value is -4.48. The Bertz CT molecular complexity index is 4090. The molecule has 543 valence electrons. The summed E-state index contributed by atoms with van der Waals surface area (Å²) in [5.41, 5.74) is 19.7. The van der Waals surface area contributed by atoms with E-state index in [1.54, 1.807) is 29.6 Å². The summed E-state index contributed by atoms with van der Waals surface area (Å²) < 4.78 is 3.17. The van der Waals surface area contributed by atoms with Crippen LogP contribution in [0.15, 0.2) is 145 Å². The van der Waals surface area contributed by atoms with Gasteiger partial charge in [0.2, 0.25) is 0 Å². The fraction of sp³-hybridized carbons (Fsp3) is 0.386. The SMILES string of the molecule is CC(O)=CC(C)O.CC(O)=CC(C)O.CC(O)=CC(C)O.Cc1[c-]c(-c2ccc3[c]([Ge]([CH3])([CH3])[CH3])c[c]([Ge]([CH3])([CH3])[CH3])cc3n2)cc(C)c1.Cc1[c-]c(-c2ccc3c([Si](C)(C)C)cc(C)cc3n2)cc(C)c1.Cc1[c-]c(-c2ccc3c([Si](C)(C)C)cc(CC(C)C)cc3n2)cc(C)c1.[Ir].[Ir].[Ir]. The molecule has 6 N–H and O–H groups in total. The van der Waals surface area contributed by atoms with Crippen molar-refractivity contribution in [3.05, 3.63) is 207 Å². The first-order valence-electron chi connectivity index (χ1n) is 33.7. The molecule has 9 aromatic rings. The molecule has 0 fully saturated rings. The van der Waals surface area contributed by atoms with E-state index in [1.807, 2.05) is 0 Å². The maximum absolute atomic E-state index is 8.49. The summed E-state index contributed by atoms with van der Waals surface area (Å²) in [7, 11) is -2.83. The predicted molar refractivity (Wildman–Crippen MR) is 426 cm³/mol. The second kappa shape index (κ2) is 40.5. The number of hydrogen-bond donors (Lipinski definition) is 6. The number of aryl methyl sites for hydroxylation is 7. The number of aliphatic hydroxyl groups is 6. The molecule has 0 amide bonds. The van der Waals surface area contributed by atoms with Gasteiger partial charge >= 0.3 is 164 Å². The molecule has 3 atom stereocenters. The molecule has 9 rings (SSSR count). The van der Waals surface area contributed by atoms with Gasteiger partial charge in [-0.2, -0.15) is 0 Å². The average molecular weight is 2030 g/mol. The van der Waals surface area contributed by atoms with Crippen molar-refractivity contribution in [3.8, 4) is 33.8 Å². The van der Waals surface area contributed by atoms with E-state index in [0.717, 1.165) is 56.8 Å². The van der Waals surface area contributed by atoms with Crippen LogP contribution in [-0.2, 0) is 66.7 Å². The van der Waals surface area contributed by atoms with Crippen LogP contribution < -0.4 is 19.2 Å². The van der Waals surface area contributed by atoms with Gasteiger partial charge in [-0.15, -0.1) is 69.8 Å². The Kier molecular flexibility index (Phi) is 37.9. The molecule has 0 saturated heterocycles. The van der Waals surface area contributed by atoms with Crippen LogP contribution in [0.4, 0.5) is 0 Å². The van der Waals surface area contributed by atoms with Crippen LogP contribution in [0.5, 0.6) is 0 Å². The van der Waals surface area contributed by atoms with Crippen molar-refractivity contribution in [2.75, 3.05) is 0 Å². The van der Waals surface area contributed by atoms with Crippen molar-refractivity contribution in [3.63, 3.8) is 0 Å². The van der Waals surface area contributed by atoms with E-state index in [2.05, 4.69) is 264 Å². The number of aromatic nitrogens is 3. The minimum atomic E-state index is -1.98. The van der Waals surface area contributed by atoms with E-state index in [1.165, 1.54) is 110 Å². The van der Waals surface area contributed by atoms with Crippen molar-refractivity contribution in [2.45, 2.75) is 202 Å². The average Bonchev–Trinajstić information content (AvgIpc) is 0.834. The van der Waals surface area contributed by atoms with Gasteiger partial charge in [0.05, 0.1) is 62.8 Å². The van der Waals surface area contributed by atoms with E-state index in [9.17, 15) is 0 Å². The molecule has 0 spiro atoms. The van der Waals surface area contributed by atoms with Crippen molar-refractivity contribution < 1.29 is 91.0 Å². The van der Waals surface area contributed by atoms with Gasteiger partial charge in [0.15, 0.2) is 0 Å². The van der Waals surface area contributed by atoms with Gasteiger partial charge in [-0.1, -0.05) is 128 Å². The van der Waals surface area contributed by atoms with E-state index in [4.69, 9.17) is 45.6 Å². The van der Waals surface area contributed by atoms with Gasteiger partial charge in [0, 0.05) is 60.3 Å². The minimum absolute atomic E-state index is 0. The Morgan fingerprint density at radius 3 is 1.01 bits per heavy atom. The molecule has 3 unspecified atom stereocenters. The van der Waals surface area contributed by atoms with Gasteiger partial charge in [-0.3, -0.25) is 9.97 Å². The molecule has 16 heteroatoms. The van der Waals surface area contributed by atoms with Crippen molar-refractivity contribution >= 4 is 94.6 Å². The van der Waals surface area contributed by atoms with Gasteiger partial charge in [0.1, 0.15) is 0 Å². The van der Waals surface area contributed by atoms with Gasteiger partial charge in [-0.05, 0) is 124 Å². The van der Waals surface area contributed by atoms with E-state index in [0.29, 0.717) is 5.92 Å². The zero-order valence-electron chi connectivity index (χ0n) is 64.2. The summed E-state index contributed by atoms with van der Waals surface area (Å²) in [6.45, 7) is 43.2. The number of pyridine rings is 3. The molecule has 3 radical (unpaired) electrons. The third kappa shape index (κ3) is 31.2. The Labute approximate surface area is 643 Å². The van der Waals surface area contributed by atoms with Gasteiger partial charge in [-0.25, -0.2) is 0 Å². The molecule has 0 aliphatic rings. The number of fused-ring (bicyclic) bond motifs is 3. The van der Waals surface area contributed by atoms with Crippen LogP contribution in [0.25, 0.3) is 66.5 Å². The van der Waals surface area contributed by atoms with Crippen LogP contribution in [0, 0.1) is 72.6 Å². The summed E-state index contributed by atoms with van der Waals surface area (Å²) in [5, 5.41) is 57.7. The quantitative estimate of drug-likeness (QED) is 0.0398. The summed E-state index contributed by atoms with van der Waals surface area (Å²) in [6.07, 6.45) is 3.58. The maximum Gasteiger partial charge on any atom is 0.0784 e. The fourth-order valence-corrected chi connectivity index (χ4v) is 21.1. The molecular weight excluding hydrogens is 1910 g/mol. The first-order chi connectivity index (χ1) is 44.2. The van der Waals surface area contributed by atoms with E-state index in [-0.39, 0.29) is 77.6 Å². The third-order valence-electron chi connectivity index (χ3n) is 15.3. The van der Waals surface area contributed by atoms with Crippen molar-refractivity contribution in [2.24, 2.45) is 5.92 Å². The molecule has 6 aromatic carbocycles. The Morgan fingerprint density at radius 2 is 0.727 bits per heavy atom. The molecule has 0 saturated carbocycles. The van der Waals surface area contributed by atoms with Crippen molar-refractivity contribution in [1.29, 1.82) is 0 Å². The summed E-state index contributed by atoms with van der Waals surface area (Å²) in [5.74, 6) is 16.0. The molecule has 0 aliphatic heterocycles. The predicted octanol–water partition coefficient (Wildman–Crippen LogP) is 19.1. The number of aliphatic hydroxyl groups excluding tert-OH is 6. The van der Waals surface area contributed by atoms with Gasteiger partial charge in [0.25, 0.3) is 0 Å². The first-order valence-corrected chi connectivity index (χ1v) is 55.4. The zero-order chi connectivity index (χ0) is 72.7. The molecule has 0 aliphatic carbocycles. The smallest absolute Gasteiger partial charge is 0.0784 e. The third-order valence-corrected chi connectivity index (χ3v) is 27.8. The molecule has 3 heterocycles. The van der Waals surface area contributed by atoms with Crippen LogP contribution in [-0.4, -0.2) is 107 Å². The van der Waals surface area contributed by atoms with E-state index < -0.39 is 61.0 Å². The largest absolute Gasteiger partial charge is 0.296 e.